The number of carbonyl (C=O) groups is 2. The lowest BCUT2D eigenvalue weighted by molar-refractivity contribution is 0.0246. The summed E-state index contributed by atoms with van der Waals surface area (Å²) in [6.07, 6.45) is 3.29. The zero-order valence-electron chi connectivity index (χ0n) is 21.8. The van der Waals surface area contributed by atoms with Crippen molar-refractivity contribution in [2.75, 3.05) is 18.0 Å². The van der Waals surface area contributed by atoms with E-state index in [-0.39, 0.29) is 46.8 Å². The number of aromatic nitrogens is 3. The average molecular weight is 531 g/mol. The molecule has 0 aliphatic carbocycles. The summed E-state index contributed by atoms with van der Waals surface area (Å²) in [4.78, 5) is 34.1. The highest BCUT2D eigenvalue weighted by molar-refractivity contribution is 6.08. The van der Waals surface area contributed by atoms with Gasteiger partial charge in [0, 0.05) is 25.4 Å². The molecule has 3 aromatic rings. The number of ether oxygens (including phenoxy) is 2. The Morgan fingerprint density at radius 3 is 2.62 bits per heavy atom. The third-order valence-corrected chi connectivity index (χ3v) is 7.03. The molecule has 10 nitrogen and oxygen atoms in total. The molecule has 2 saturated heterocycles. The van der Waals surface area contributed by atoms with Crippen molar-refractivity contribution in [1.82, 2.24) is 19.7 Å². The quantitative estimate of drug-likeness (QED) is 0.495. The molecule has 6 rings (SSSR count). The summed E-state index contributed by atoms with van der Waals surface area (Å²) in [6, 6.07) is 9.61. The van der Waals surface area contributed by atoms with Gasteiger partial charge in [0.05, 0.1) is 58.6 Å². The third kappa shape index (κ3) is 4.51. The van der Waals surface area contributed by atoms with Gasteiger partial charge >= 0.3 is 6.09 Å². The Labute approximate surface area is 224 Å². The summed E-state index contributed by atoms with van der Waals surface area (Å²) in [5.41, 5.74) is 0.259. The van der Waals surface area contributed by atoms with Crippen LogP contribution in [0, 0.1) is 17.1 Å². The molecule has 3 aliphatic heterocycles. The highest BCUT2D eigenvalue weighted by Gasteiger charge is 2.40. The van der Waals surface area contributed by atoms with Crippen LogP contribution in [-0.2, 0) is 16.0 Å². The van der Waals surface area contributed by atoms with E-state index in [0.29, 0.717) is 5.69 Å². The maximum Gasteiger partial charge on any atom is 0.417 e. The van der Waals surface area contributed by atoms with Gasteiger partial charge in [0.2, 0.25) is 0 Å². The standard InChI is InChI=1S/C28H27FN6O4/c1-28(2,3)39-27(37)34-15-21-25(26(34)36)22(11-20(31-21)24-16(12-30)5-4-6-19(24)29)35-10-9-23(32-35)33-13-17-7-8-18(14-33)38-17/h4-6,9-11,17-18H,7-8,13-15H2,1-3H3/t17-,18+. The largest absolute Gasteiger partial charge is 0.443 e. The van der Waals surface area contributed by atoms with Crippen LogP contribution in [0.2, 0.25) is 0 Å². The average Bonchev–Trinajstić information content (AvgIpc) is 3.59. The minimum absolute atomic E-state index is 0.0179. The van der Waals surface area contributed by atoms with Crippen LogP contribution in [0.15, 0.2) is 36.5 Å². The second-order valence-electron chi connectivity index (χ2n) is 11.0. The highest BCUT2D eigenvalue weighted by Crippen LogP contribution is 2.35. The first-order chi connectivity index (χ1) is 18.6. The van der Waals surface area contributed by atoms with Crippen molar-refractivity contribution in [1.29, 1.82) is 5.26 Å². The van der Waals surface area contributed by atoms with Crippen molar-refractivity contribution in [3.05, 3.63) is 59.2 Å². The maximum absolute atomic E-state index is 15.0. The normalized spacial score (nSPS) is 20.2. The molecule has 5 heterocycles. The van der Waals surface area contributed by atoms with Gasteiger partial charge in [0.15, 0.2) is 5.82 Å². The van der Waals surface area contributed by atoms with E-state index in [4.69, 9.17) is 14.6 Å². The zero-order chi connectivity index (χ0) is 27.5. The van der Waals surface area contributed by atoms with Crippen molar-refractivity contribution in [3.8, 4) is 23.0 Å². The molecule has 0 N–H and O–H groups in total. The zero-order valence-corrected chi connectivity index (χ0v) is 21.8. The molecule has 39 heavy (non-hydrogen) atoms. The summed E-state index contributed by atoms with van der Waals surface area (Å²) in [5.74, 6) is -0.477. The van der Waals surface area contributed by atoms with Crippen molar-refractivity contribution in [3.63, 3.8) is 0 Å². The van der Waals surface area contributed by atoms with E-state index in [1.807, 2.05) is 12.1 Å². The fraction of sp³-hybridized carbons (Fsp3) is 0.393. The first kappa shape index (κ1) is 25.0. The number of benzene rings is 1. The fourth-order valence-corrected chi connectivity index (χ4v) is 5.36. The minimum Gasteiger partial charge on any atom is -0.443 e. The lowest BCUT2D eigenvalue weighted by atomic mass is 10.0. The van der Waals surface area contributed by atoms with E-state index < -0.39 is 23.4 Å². The van der Waals surface area contributed by atoms with Gasteiger partial charge in [0.25, 0.3) is 5.91 Å². The lowest BCUT2D eigenvalue weighted by Crippen LogP contribution is -2.42. The van der Waals surface area contributed by atoms with E-state index >= 15 is 4.39 Å². The molecule has 3 aliphatic rings. The number of hydrogen-bond donors (Lipinski definition) is 0. The topological polar surface area (TPSA) is 114 Å². The van der Waals surface area contributed by atoms with Crippen LogP contribution in [0.4, 0.5) is 15.0 Å². The molecular formula is C28H27FN6O4. The minimum atomic E-state index is -0.809. The number of halogens is 1. The molecule has 2 bridgehead atoms. The smallest absolute Gasteiger partial charge is 0.417 e. The Balaban J connectivity index is 1.45. The predicted molar refractivity (Wildman–Crippen MR) is 138 cm³/mol. The number of nitrogens with zero attached hydrogens (tertiary/aromatic N) is 6. The van der Waals surface area contributed by atoms with Crippen LogP contribution < -0.4 is 4.90 Å². The molecule has 11 heteroatoms. The van der Waals surface area contributed by atoms with E-state index in [1.54, 1.807) is 31.6 Å². The summed E-state index contributed by atoms with van der Waals surface area (Å²) >= 11 is 0. The summed E-state index contributed by atoms with van der Waals surface area (Å²) in [6.45, 7) is 6.43. The first-order valence-corrected chi connectivity index (χ1v) is 12.9. The number of amides is 2. The SMILES string of the molecule is CC(C)(C)OC(=O)N1Cc2nc(-c3c(F)cccc3C#N)cc(-n3ccc(N4C[C@H]5CC[C@@H](C4)O5)n3)c2C1=O. The van der Waals surface area contributed by atoms with Crippen LogP contribution in [-0.4, -0.2) is 62.6 Å². The molecule has 2 amide bonds. The second kappa shape index (κ2) is 9.17. The van der Waals surface area contributed by atoms with Crippen LogP contribution in [0.25, 0.3) is 16.9 Å². The Kier molecular flexibility index (Phi) is 5.88. The summed E-state index contributed by atoms with van der Waals surface area (Å²) < 4.78 is 27.9. The number of nitriles is 1. The Morgan fingerprint density at radius 1 is 1.18 bits per heavy atom. The molecule has 0 radical (unpaired) electrons. The third-order valence-electron chi connectivity index (χ3n) is 7.03. The van der Waals surface area contributed by atoms with Gasteiger partial charge in [-0.3, -0.25) is 4.79 Å². The van der Waals surface area contributed by atoms with Gasteiger partial charge in [-0.2, -0.15) is 10.4 Å². The van der Waals surface area contributed by atoms with E-state index in [0.717, 1.165) is 36.6 Å². The van der Waals surface area contributed by atoms with Gasteiger partial charge < -0.3 is 14.4 Å². The highest BCUT2D eigenvalue weighted by atomic mass is 19.1. The van der Waals surface area contributed by atoms with Crippen molar-refractivity contribution < 1.29 is 23.5 Å². The van der Waals surface area contributed by atoms with Gasteiger partial charge in [-0.15, -0.1) is 0 Å². The van der Waals surface area contributed by atoms with Crippen molar-refractivity contribution in [2.45, 2.75) is 58.0 Å². The molecule has 0 saturated carbocycles. The molecule has 200 valence electrons. The number of rotatable bonds is 3. The Bertz CT molecular complexity index is 1530. The molecule has 2 fully saturated rings. The molecule has 0 unspecified atom stereocenters. The van der Waals surface area contributed by atoms with Gasteiger partial charge in [0.1, 0.15) is 11.4 Å². The molecule has 0 spiro atoms. The number of fused-ring (bicyclic) bond motifs is 3. The molecule has 2 atom stereocenters. The van der Waals surface area contributed by atoms with Crippen molar-refractivity contribution >= 4 is 17.8 Å². The monoisotopic (exact) mass is 530 g/mol. The van der Waals surface area contributed by atoms with Gasteiger partial charge in [-0.1, -0.05) is 6.07 Å². The van der Waals surface area contributed by atoms with Crippen molar-refractivity contribution in [2.24, 2.45) is 0 Å². The Morgan fingerprint density at radius 2 is 1.92 bits per heavy atom. The first-order valence-electron chi connectivity index (χ1n) is 12.9. The predicted octanol–water partition coefficient (Wildman–Crippen LogP) is 4.20. The molecule has 1 aromatic carbocycles. The maximum atomic E-state index is 15.0. The fourth-order valence-electron chi connectivity index (χ4n) is 5.36. The molecule has 2 aromatic heterocycles. The number of pyridine rings is 1. The number of carbonyl (C=O) groups excluding carboxylic acids is 2. The van der Waals surface area contributed by atoms with Gasteiger partial charge in [-0.05, 0) is 51.8 Å². The number of anilines is 1. The molecular weight excluding hydrogens is 503 g/mol. The summed E-state index contributed by atoms with van der Waals surface area (Å²) in [7, 11) is 0. The number of imide groups is 1. The van der Waals surface area contributed by atoms with E-state index in [1.165, 1.54) is 24.3 Å². The lowest BCUT2D eigenvalue weighted by Gasteiger charge is -2.32. The number of morpholine rings is 1. The van der Waals surface area contributed by atoms with E-state index in [9.17, 15) is 14.9 Å². The van der Waals surface area contributed by atoms with Crippen LogP contribution in [0.1, 0.15) is 55.2 Å². The van der Waals surface area contributed by atoms with Gasteiger partial charge in [-0.25, -0.2) is 23.8 Å². The Hall–Kier alpha value is -4.30. The van der Waals surface area contributed by atoms with E-state index in [2.05, 4.69) is 9.88 Å². The van der Waals surface area contributed by atoms with Crippen LogP contribution in [0.5, 0.6) is 0 Å². The second-order valence-corrected chi connectivity index (χ2v) is 11.0. The summed E-state index contributed by atoms with van der Waals surface area (Å²) in [5, 5.41) is 14.4. The number of hydrogen-bond acceptors (Lipinski definition) is 8. The van der Waals surface area contributed by atoms with Crippen LogP contribution in [0.3, 0.4) is 0 Å². The van der Waals surface area contributed by atoms with Crippen LogP contribution >= 0.6 is 0 Å².